The average Bonchev–Trinajstić information content (AvgIpc) is 2.51. The van der Waals surface area contributed by atoms with Crippen molar-refractivity contribution in [2.24, 2.45) is 5.92 Å². The molecule has 0 radical (unpaired) electrons. The van der Waals surface area contributed by atoms with Crippen molar-refractivity contribution in [1.29, 1.82) is 0 Å². The van der Waals surface area contributed by atoms with Gasteiger partial charge in [0.2, 0.25) is 0 Å². The maximum atomic E-state index is 8.97. The minimum absolute atomic E-state index is 0.142. The molecule has 1 atom stereocenters. The molecule has 12 heavy (non-hydrogen) atoms. The van der Waals surface area contributed by atoms with Gasteiger partial charge in [0.15, 0.2) is 0 Å². The monoisotopic (exact) mass is 167 g/mol. The van der Waals surface area contributed by atoms with Gasteiger partial charge in [0, 0.05) is 18.4 Å². The van der Waals surface area contributed by atoms with Gasteiger partial charge in [-0.2, -0.15) is 0 Å². The Hall–Kier alpha value is -0.760. The van der Waals surface area contributed by atoms with Gasteiger partial charge in [-0.1, -0.05) is 20.3 Å². The Labute approximate surface area is 73.8 Å². The summed E-state index contributed by atoms with van der Waals surface area (Å²) in [6, 6.07) is 3.94. The van der Waals surface area contributed by atoms with Crippen molar-refractivity contribution in [3.05, 3.63) is 24.0 Å². The van der Waals surface area contributed by atoms with Crippen molar-refractivity contribution < 1.29 is 5.11 Å². The zero-order valence-corrected chi connectivity index (χ0v) is 7.83. The summed E-state index contributed by atoms with van der Waals surface area (Å²) in [6.07, 6.45) is 3.21. The van der Waals surface area contributed by atoms with Crippen LogP contribution in [0.15, 0.2) is 18.3 Å². The zero-order chi connectivity index (χ0) is 8.97. The first-order valence-electron chi connectivity index (χ1n) is 4.52. The van der Waals surface area contributed by atoms with Crippen LogP contribution in [0, 0.1) is 5.92 Å². The van der Waals surface area contributed by atoms with Crippen molar-refractivity contribution in [2.75, 3.05) is 0 Å². The minimum Gasteiger partial charge on any atom is -0.390 e. The molecule has 2 nitrogen and oxygen atoms in total. The van der Waals surface area contributed by atoms with Crippen LogP contribution in [0.5, 0.6) is 0 Å². The van der Waals surface area contributed by atoms with Crippen molar-refractivity contribution >= 4 is 0 Å². The van der Waals surface area contributed by atoms with Crippen LogP contribution in [-0.4, -0.2) is 9.67 Å². The van der Waals surface area contributed by atoms with Crippen LogP contribution < -0.4 is 0 Å². The van der Waals surface area contributed by atoms with Gasteiger partial charge in [-0.05, 0) is 18.1 Å². The Balaban J connectivity index is 2.61. The quantitative estimate of drug-likeness (QED) is 0.729. The molecule has 68 valence electrons. The molecule has 0 bridgehead atoms. The van der Waals surface area contributed by atoms with Gasteiger partial charge >= 0.3 is 0 Å². The maximum absolute atomic E-state index is 8.97. The van der Waals surface area contributed by atoms with Crippen LogP contribution >= 0.6 is 0 Å². The van der Waals surface area contributed by atoms with Crippen LogP contribution in [-0.2, 0) is 13.2 Å². The second-order valence-electron chi connectivity index (χ2n) is 3.32. The van der Waals surface area contributed by atoms with Gasteiger partial charge in [-0.25, -0.2) is 0 Å². The first-order valence-corrected chi connectivity index (χ1v) is 4.52. The van der Waals surface area contributed by atoms with Gasteiger partial charge in [0.25, 0.3) is 0 Å². The van der Waals surface area contributed by atoms with Gasteiger partial charge in [0.1, 0.15) is 0 Å². The lowest BCUT2D eigenvalue weighted by Crippen LogP contribution is -2.08. The van der Waals surface area contributed by atoms with E-state index in [9.17, 15) is 0 Å². The number of hydrogen-bond donors (Lipinski definition) is 1. The first-order chi connectivity index (χ1) is 5.77. The highest BCUT2D eigenvalue weighted by atomic mass is 16.3. The molecule has 1 unspecified atom stereocenters. The summed E-state index contributed by atoms with van der Waals surface area (Å²) in [5.41, 5.74) is 1.01. The fourth-order valence-electron chi connectivity index (χ4n) is 1.24. The minimum atomic E-state index is 0.142. The molecule has 0 aromatic carbocycles. The Morgan fingerprint density at radius 2 is 2.33 bits per heavy atom. The van der Waals surface area contributed by atoms with Crippen molar-refractivity contribution in [3.8, 4) is 0 Å². The predicted molar refractivity (Wildman–Crippen MR) is 49.8 cm³/mol. The summed E-state index contributed by atoms with van der Waals surface area (Å²) in [6.45, 7) is 5.57. The third-order valence-electron chi connectivity index (χ3n) is 2.29. The van der Waals surface area contributed by atoms with E-state index in [2.05, 4.69) is 18.4 Å². The van der Waals surface area contributed by atoms with E-state index in [1.165, 1.54) is 6.42 Å². The molecule has 0 saturated carbocycles. The van der Waals surface area contributed by atoms with E-state index in [1.807, 2.05) is 18.3 Å². The van der Waals surface area contributed by atoms with Crippen molar-refractivity contribution in [3.63, 3.8) is 0 Å². The molecule has 2 heteroatoms. The molecular formula is C10H17NO. The van der Waals surface area contributed by atoms with Crippen LogP contribution in [0.1, 0.15) is 26.0 Å². The van der Waals surface area contributed by atoms with E-state index in [0.29, 0.717) is 5.92 Å². The van der Waals surface area contributed by atoms with E-state index in [-0.39, 0.29) is 6.61 Å². The molecule has 0 fully saturated rings. The summed E-state index contributed by atoms with van der Waals surface area (Å²) < 4.78 is 2.12. The summed E-state index contributed by atoms with van der Waals surface area (Å²) in [4.78, 5) is 0. The van der Waals surface area contributed by atoms with Gasteiger partial charge < -0.3 is 9.67 Å². The third kappa shape index (κ3) is 2.11. The third-order valence-corrected chi connectivity index (χ3v) is 2.29. The SMILES string of the molecule is CCC(C)Cn1cccc1CO. The fourth-order valence-corrected chi connectivity index (χ4v) is 1.24. The fraction of sp³-hybridized carbons (Fsp3) is 0.600. The number of aromatic nitrogens is 1. The molecule has 0 spiro atoms. The summed E-state index contributed by atoms with van der Waals surface area (Å²) in [5.74, 6) is 0.683. The number of hydrogen-bond acceptors (Lipinski definition) is 1. The Morgan fingerprint density at radius 1 is 1.58 bits per heavy atom. The van der Waals surface area contributed by atoms with Crippen LogP contribution in [0.3, 0.4) is 0 Å². The first kappa shape index (κ1) is 9.33. The standard InChI is InChI=1S/C10H17NO/c1-3-9(2)7-11-6-4-5-10(11)8-12/h4-6,9,12H,3,7-8H2,1-2H3. The summed E-state index contributed by atoms with van der Waals surface area (Å²) >= 11 is 0. The number of aliphatic hydroxyl groups excluding tert-OH is 1. The second kappa shape index (κ2) is 4.31. The lowest BCUT2D eigenvalue weighted by atomic mass is 10.1. The highest BCUT2D eigenvalue weighted by Gasteiger charge is 2.02. The molecule has 0 aliphatic rings. The van der Waals surface area contributed by atoms with E-state index < -0.39 is 0 Å². The van der Waals surface area contributed by atoms with E-state index in [0.717, 1.165) is 12.2 Å². The predicted octanol–water partition coefficient (Wildman–Crippen LogP) is 2.03. The highest BCUT2D eigenvalue weighted by molar-refractivity contribution is 5.05. The smallest absolute Gasteiger partial charge is 0.0832 e. The number of nitrogens with zero attached hydrogens (tertiary/aromatic N) is 1. The number of rotatable bonds is 4. The normalized spacial score (nSPS) is 13.2. The molecular weight excluding hydrogens is 150 g/mol. The van der Waals surface area contributed by atoms with E-state index >= 15 is 0 Å². The maximum Gasteiger partial charge on any atom is 0.0832 e. The average molecular weight is 167 g/mol. The molecule has 1 rings (SSSR count). The van der Waals surface area contributed by atoms with Gasteiger partial charge in [-0.3, -0.25) is 0 Å². The Kier molecular flexibility index (Phi) is 3.35. The summed E-state index contributed by atoms with van der Waals surface area (Å²) in [5, 5.41) is 8.97. The van der Waals surface area contributed by atoms with Crippen LogP contribution in [0.4, 0.5) is 0 Å². The molecule has 1 heterocycles. The topological polar surface area (TPSA) is 25.2 Å². The Morgan fingerprint density at radius 3 is 2.92 bits per heavy atom. The van der Waals surface area contributed by atoms with Crippen molar-refractivity contribution in [2.45, 2.75) is 33.4 Å². The second-order valence-corrected chi connectivity index (χ2v) is 3.32. The van der Waals surface area contributed by atoms with Crippen LogP contribution in [0.2, 0.25) is 0 Å². The Bertz CT molecular complexity index is 229. The van der Waals surface area contributed by atoms with Gasteiger partial charge in [-0.15, -0.1) is 0 Å². The molecule has 1 aromatic rings. The largest absolute Gasteiger partial charge is 0.390 e. The molecule has 0 aliphatic heterocycles. The number of aliphatic hydroxyl groups is 1. The van der Waals surface area contributed by atoms with Gasteiger partial charge in [0.05, 0.1) is 6.61 Å². The van der Waals surface area contributed by atoms with Crippen LogP contribution in [0.25, 0.3) is 0 Å². The molecule has 1 aromatic heterocycles. The molecule has 0 saturated heterocycles. The zero-order valence-electron chi connectivity index (χ0n) is 7.83. The molecule has 0 amide bonds. The molecule has 1 N–H and O–H groups in total. The molecule has 0 aliphatic carbocycles. The van der Waals surface area contributed by atoms with Crippen molar-refractivity contribution in [1.82, 2.24) is 4.57 Å². The summed E-state index contributed by atoms with van der Waals surface area (Å²) in [7, 11) is 0. The van der Waals surface area contributed by atoms with E-state index in [4.69, 9.17) is 5.11 Å². The lowest BCUT2D eigenvalue weighted by molar-refractivity contribution is 0.267. The van der Waals surface area contributed by atoms with E-state index in [1.54, 1.807) is 0 Å². The highest BCUT2D eigenvalue weighted by Crippen LogP contribution is 2.09. The lowest BCUT2D eigenvalue weighted by Gasteiger charge is -2.12.